The molecule has 4 nitrogen and oxygen atoms in total. The summed E-state index contributed by atoms with van der Waals surface area (Å²) in [6, 6.07) is 7.69. The SMILES string of the molecule is CCc1ccc2nc(C)cc(C(=O)N3CC=C[C@H]3CO)c2c1. The first-order chi connectivity index (χ1) is 10.6. The number of fused-ring (bicyclic) bond motifs is 1. The standard InChI is InChI=1S/C18H20N2O2/c1-3-13-6-7-17-15(10-13)16(9-12(2)19-17)18(22)20-8-4-5-14(20)11-21/h4-7,9-10,14,21H,3,8,11H2,1-2H3/t14-/m0/s1. The highest BCUT2D eigenvalue weighted by Crippen LogP contribution is 2.24. The van der Waals surface area contributed by atoms with E-state index < -0.39 is 0 Å². The van der Waals surface area contributed by atoms with Crippen LogP contribution in [0.1, 0.15) is 28.5 Å². The van der Waals surface area contributed by atoms with Gasteiger partial charge in [0.15, 0.2) is 0 Å². The maximum Gasteiger partial charge on any atom is 0.255 e. The van der Waals surface area contributed by atoms with Crippen LogP contribution in [0.4, 0.5) is 0 Å². The molecule has 1 aromatic heterocycles. The van der Waals surface area contributed by atoms with Gasteiger partial charge in [0.05, 0.1) is 23.7 Å². The quantitative estimate of drug-likeness (QED) is 0.885. The van der Waals surface area contributed by atoms with E-state index in [-0.39, 0.29) is 18.6 Å². The normalized spacial score (nSPS) is 17.4. The van der Waals surface area contributed by atoms with Crippen molar-refractivity contribution in [3.8, 4) is 0 Å². The molecule has 2 aromatic rings. The molecule has 1 aliphatic heterocycles. The lowest BCUT2D eigenvalue weighted by Crippen LogP contribution is -2.38. The van der Waals surface area contributed by atoms with Gasteiger partial charge in [0.25, 0.3) is 5.91 Å². The Morgan fingerprint density at radius 3 is 2.95 bits per heavy atom. The number of benzene rings is 1. The molecule has 0 spiro atoms. The Hall–Kier alpha value is -2.20. The van der Waals surface area contributed by atoms with E-state index in [1.54, 1.807) is 4.90 Å². The molecule has 0 saturated carbocycles. The maximum absolute atomic E-state index is 12.9. The van der Waals surface area contributed by atoms with Crippen LogP contribution in [-0.2, 0) is 6.42 Å². The third-order valence-electron chi connectivity index (χ3n) is 4.15. The maximum atomic E-state index is 12.9. The highest BCUT2D eigenvalue weighted by molar-refractivity contribution is 6.06. The molecule has 1 atom stereocenters. The first kappa shape index (κ1) is 14.7. The van der Waals surface area contributed by atoms with Crippen molar-refractivity contribution in [1.29, 1.82) is 0 Å². The molecule has 0 radical (unpaired) electrons. The van der Waals surface area contributed by atoms with E-state index in [1.165, 1.54) is 5.56 Å². The van der Waals surface area contributed by atoms with Crippen molar-refractivity contribution in [2.24, 2.45) is 0 Å². The molecule has 1 N–H and O–H groups in total. The molecule has 1 amide bonds. The number of aliphatic hydroxyl groups excluding tert-OH is 1. The second-order valence-corrected chi connectivity index (χ2v) is 5.65. The molecule has 2 heterocycles. The van der Waals surface area contributed by atoms with Gasteiger partial charge in [-0.2, -0.15) is 0 Å². The van der Waals surface area contributed by atoms with Gasteiger partial charge >= 0.3 is 0 Å². The predicted molar refractivity (Wildman–Crippen MR) is 86.9 cm³/mol. The number of carbonyl (C=O) groups excluding carboxylic acids is 1. The third kappa shape index (κ3) is 2.50. The van der Waals surface area contributed by atoms with Crippen molar-refractivity contribution in [2.75, 3.05) is 13.2 Å². The van der Waals surface area contributed by atoms with Crippen LogP contribution in [-0.4, -0.2) is 40.1 Å². The van der Waals surface area contributed by atoms with Crippen LogP contribution in [0.3, 0.4) is 0 Å². The van der Waals surface area contributed by atoms with Crippen LogP contribution in [0.2, 0.25) is 0 Å². The monoisotopic (exact) mass is 296 g/mol. The van der Waals surface area contributed by atoms with E-state index in [0.29, 0.717) is 12.1 Å². The Balaban J connectivity index is 2.10. The Morgan fingerprint density at radius 1 is 1.41 bits per heavy atom. The van der Waals surface area contributed by atoms with Crippen LogP contribution in [0.5, 0.6) is 0 Å². The average molecular weight is 296 g/mol. The lowest BCUT2D eigenvalue weighted by Gasteiger charge is -2.24. The zero-order valence-corrected chi connectivity index (χ0v) is 12.9. The summed E-state index contributed by atoms with van der Waals surface area (Å²) in [7, 11) is 0. The fourth-order valence-corrected chi connectivity index (χ4v) is 2.92. The number of pyridine rings is 1. The second kappa shape index (κ2) is 5.89. The molecule has 114 valence electrons. The van der Waals surface area contributed by atoms with Crippen molar-refractivity contribution < 1.29 is 9.90 Å². The summed E-state index contributed by atoms with van der Waals surface area (Å²) in [5.41, 5.74) is 3.52. The van der Waals surface area contributed by atoms with Crippen molar-refractivity contribution in [1.82, 2.24) is 9.88 Å². The zero-order chi connectivity index (χ0) is 15.7. The summed E-state index contributed by atoms with van der Waals surface area (Å²) >= 11 is 0. The highest BCUT2D eigenvalue weighted by Gasteiger charge is 2.26. The van der Waals surface area contributed by atoms with E-state index in [1.807, 2.05) is 37.3 Å². The number of hydrogen-bond acceptors (Lipinski definition) is 3. The van der Waals surface area contributed by atoms with Gasteiger partial charge in [0.1, 0.15) is 0 Å². The fourth-order valence-electron chi connectivity index (χ4n) is 2.92. The molecule has 0 unspecified atom stereocenters. The van der Waals surface area contributed by atoms with Gasteiger partial charge in [-0.15, -0.1) is 0 Å². The van der Waals surface area contributed by atoms with Crippen LogP contribution in [0, 0.1) is 6.92 Å². The Kier molecular flexibility index (Phi) is 3.94. The number of aryl methyl sites for hydroxylation is 2. The number of aromatic nitrogens is 1. The van der Waals surface area contributed by atoms with Gasteiger partial charge in [-0.25, -0.2) is 0 Å². The van der Waals surface area contributed by atoms with Crippen LogP contribution in [0.25, 0.3) is 10.9 Å². The topological polar surface area (TPSA) is 53.4 Å². The molecule has 4 heteroatoms. The first-order valence-corrected chi connectivity index (χ1v) is 7.62. The van der Waals surface area contributed by atoms with Crippen molar-refractivity contribution in [3.05, 3.63) is 53.2 Å². The summed E-state index contributed by atoms with van der Waals surface area (Å²) in [6.45, 7) is 4.48. The highest BCUT2D eigenvalue weighted by atomic mass is 16.3. The molecule has 3 rings (SSSR count). The van der Waals surface area contributed by atoms with Gasteiger partial charge < -0.3 is 10.0 Å². The van der Waals surface area contributed by atoms with Crippen LogP contribution >= 0.6 is 0 Å². The largest absolute Gasteiger partial charge is 0.394 e. The molecule has 0 fully saturated rings. The minimum Gasteiger partial charge on any atom is -0.394 e. The molecule has 1 aliphatic rings. The molecular formula is C18H20N2O2. The van der Waals surface area contributed by atoms with E-state index in [9.17, 15) is 9.90 Å². The summed E-state index contributed by atoms with van der Waals surface area (Å²) in [6.07, 6.45) is 4.72. The number of carbonyl (C=O) groups is 1. The summed E-state index contributed by atoms with van der Waals surface area (Å²) in [4.78, 5) is 19.2. The number of amides is 1. The average Bonchev–Trinajstić information content (AvgIpc) is 3.01. The molecule has 1 aromatic carbocycles. The fraction of sp³-hybridized carbons (Fsp3) is 0.333. The van der Waals surface area contributed by atoms with E-state index in [2.05, 4.69) is 18.0 Å². The summed E-state index contributed by atoms with van der Waals surface area (Å²) in [5.74, 6) is -0.0483. The number of hydrogen-bond donors (Lipinski definition) is 1. The van der Waals surface area contributed by atoms with Gasteiger partial charge in [-0.3, -0.25) is 9.78 Å². The third-order valence-corrected chi connectivity index (χ3v) is 4.15. The van der Waals surface area contributed by atoms with Crippen molar-refractivity contribution in [3.63, 3.8) is 0 Å². The summed E-state index contributed by atoms with van der Waals surface area (Å²) in [5, 5.41) is 10.3. The molecule has 22 heavy (non-hydrogen) atoms. The van der Waals surface area contributed by atoms with Gasteiger partial charge in [0, 0.05) is 17.6 Å². The Morgan fingerprint density at radius 2 is 2.23 bits per heavy atom. The van der Waals surface area contributed by atoms with Crippen LogP contribution < -0.4 is 0 Å². The van der Waals surface area contributed by atoms with Gasteiger partial charge in [-0.1, -0.05) is 25.1 Å². The Labute approximate surface area is 130 Å². The molecular weight excluding hydrogens is 276 g/mol. The van der Waals surface area contributed by atoms with Crippen LogP contribution in [0.15, 0.2) is 36.4 Å². The molecule has 0 aliphatic carbocycles. The molecule has 0 bridgehead atoms. The van der Waals surface area contributed by atoms with E-state index in [4.69, 9.17) is 0 Å². The second-order valence-electron chi connectivity index (χ2n) is 5.65. The Bertz CT molecular complexity index is 752. The number of aliphatic hydroxyl groups is 1. The minimum absolute atomic E-state index is 0.0483. The van der Waals surface area contributed by atoms with Crippen molar-refractivity contribution >= 4 is 16.8 Å². The molecule has 0 saturated heterocycles. The summed E-state index contributed by atoms with van der Waals surface area (Å²) < 4.78 is 0. The van der Waals surface area contributed by atoms with Gasteiger partial charge in [-0.05, 0) is 37.1 Å². The van der Waals surface area contributed by atoms with E-state index in [0.717, 1.165) is 23.0 Å². The number of rotatable bonds is 3. The lowest BCUT2D eigenvalue weighted by atomic mass is 10.0. The predicted octanol–water partition coefficient (Wildman–Crippen LogP) is 2.48. The van der Waals surface area contributed by atoms with Gasteiger partial charge in [0.2, 0.25) is 0 Å². The first-order valence-electron chi connectivity index (χ1n) is 7.62. The van der Waals surface area contributed by atoms with Crippen molar-refractivity contribution in [2.45, 2.75) is 26.3 Å². The lowest BCUT2D eigenvalue weighted by molar-refractivity contribution is 0.0702. The minimum atomic E-state index is -0.231. The smallest absolute Gasteiger partial charge is 0.255 e. The zero-order valence-electron chi connectivity index (χ0n) is 12.9. The number of nitrogens with zero attached hydrogens (tertiary/aromatic N) is 2. The van der Waals surface area contributed by atoms with E-state index >= 15 is 0 Å².